The number of allylic oxidation sites excluding steroid dienone is 6. The number of hydrogen-bond donors (Lipinski definition) is 1. The van der Waals surface area contributed by atoms with Crippen molar-refractivity contribution < 1.29 is 5.11 Å². The van der Waals surface area contributed by atoms with Crippen molar-refractivity contribution in [3.63, 3.8) is 0 Å². The van der Waals surface area contributed by atoms with Gasteiger partial charge in [-0.15, -0.1) is 6.58 Å². The van der Waals surface area contributed by atoms with Crippen LogP contribution in [-0.2, 0) is 0 Å². The second-order valence-corrected chi connectivity index (χ2v) is 9.46. The zero-order valence-electron chi connectivity index (χ0n) is 18.4. The number of fused-ring (bicyclic) bond motifs is 1. The fraction of sp³-hybridized carbons (Fsp3) is 0.680. The van der Waals surface area contributed by atoms with Crippen molar-refractivity contribution in [3.8, 4) is 0 Å². The molecule has 3 aliphatic carbocycles. The molecule has 0 spiro atoms. The highest BCUT2D eigenvalue weighted by Crippen LogP contribution is 2.58. The molecule has 3 unspecified atom stereocenters. The second-order valence-electron chi connectivity index (χ2n) is 9.46. The van der Waals surface area contributed by atoms with Gasteiger partial charge in [-0.2, -0.15) is 0 Å². The summed E-state index contributed by atoms with van der Waals surface area (Å²) in [5, 5.41) is 9.73. The van der Waals surface area contributed by atoms with Crippen LogP contribution in [0.3, 0.4) is 0 Å². The standard InChI is InChI=1S/C15H26O.C10H16/c1-6-15(5,16)12-8-11-14(4)10-7-9-13(2)3;1-7-4-5-8-6-9(7)10(8,2)3/h6,9,11,16H,1,7-8,10,12H2,2-5H3;4,8-9H,5-6H2,1-3H3. The van der Waals surface area contributed by atoms with Gasteiger partial charge in [0.2, 0.25) is 0 Å². The van der Waals surface area contributed by atoms with Crippen LogP contribution in [0.25, 0.3) is 0 Å². The van der Waals surface area contributed by atoms with Crippen LogP contribution in [0.1, 0.15) is 87.0 Å². The van der Waals surface area contributed by atoms with Crippen LogP contribution in [0.5, 0.6) is 0 Å². The largest absolute Gasteiger partial charge is 0.386 e. The first kappa shape index (κ1) is 23.0. The van der Waals surface area contributed by atoms with Crippen LogP contribution < -0.4 is 0 Å². The predicted molar refractivity (Wildman–Crippen MR) is 116 cm³/mol. The van der Waals surface area contributed by atoms with Crippen molar-refractivity contribution in [1.82, 2.24) is 0 Å². The van der Waals surface area contributed by atoms with E-state index in [1.165, 1.54) is 24.0 Å². The molecule has 148 valence electrons. The maximum Gasteiger partial charge on any atom is 0.0800 e. The van der Waals surface area contributed by atoms with Crippen molar-refractivity contribution in [2.24, 2.45) is 17.3 Å². The Hall–Kier alpha value is -1.08. The van der Waals surface area contributed by atoms with Gasteiger partial charge in [0.25, 0.3) is 0 Å². The summed E-state index contributed by atoms with van der Waals surface area (Å²) in [5.41, 5.74) is 4.34. The lowest BCUT2D eigenvalue weighted by atomic mass is 9.49. The first-order chi connectivity index (χ1) is 12.0. The molecule has 0 aliphatic heterocycles. The highest BCUT2D eigenvalue weighted by atomic mass is 16.3. The van der Waals surface area contributed by atoms with Gasteiger partial charge < -0.3 is 5.11 Å². The summed E-state index contributed by atoms with van der Waals surface area (Å²) in [7, 11) is 0. The first-order valence-corrected chi connectivity index (χ1v) is 10.3. The van der Waals surface area contributed by atoms with Crippen LogP contribution in [0.15, 0.2) is 47.6 Å². The Morgan fingerprint density at radius 3 is 2.35 bits per heavy atom. The Morgan fingerprint density at radius 2 is 1.92 bits per heavy atom. The molecule has 0 aromatic carbocycles. The molecule has 1 N–H and O–H groups in total. The molecule has 3 atom stereocenters. The van der Waals surface area contributed by atoms with Gasteiger partial charge in [-0.05, 0) is 90.4 Å². The Morgan fingerprint density at radius 1 is 1.27 bits per heavy atom. The van der Waals surface area contributed by atoms with Gasteiger partial charge in [-0.1, -0.05) is 54.9 Å². The minimum Gasteiger partial charge on any atom is -0.386 e. The van der Waals surface area contributed by atoms with E-state index in [1.54, 1.807) is 18.6 Å². The van der Waals surface area contributed by atoms with Crippen molar-refractivity contribution in [2.45, 2.75) is 92.6 Å². The molecule has 0 aromatic rings. The third-order valence-electron chi connectivity index (χ3n) is 6.42. The average Bonchev–Trinajstić information content (AvgIpc) is 2.54. The lowest BCUT2D eigenvalue weighted by Gasteiger charge is -2.56. The maximum absolute atomic E-state index is 9.73. The lowest BCUT2D eigenvalue weighted by Crippen LogP contribution is -2.47. The SMILES string of the molecule is C=CC(C)(O)CCC=C(C)CCC=C(C)C.CC1=CCC2CC1C2(C)C. The lowest BCUT2D eigenvalue weighted by molar-refractivity contribution is -0.00579. The molecule has 1 nitrogen and oxygen atoms in total. The summed E-state index contributed by atoms with van der Waals surface area (Å²) < 4.78 is 0. The predicted octanol–water partition coefficient (Wildman–Crippen LogP) is 7.40. The molecule has 0 amide bonds. The van der Waals surface area contributed by atoms with Gasteiger partial charge in [0.1, 0.15) is 0 Å². The number of hydrogen-bond acceptors (Lipinski definition) is 1. The van der Waals surface area contributed by atoms with E-state index >= 15 is 0 Å². The average molecular weight is 359 g/mol. The summed E-state index contributed by atoms with van der Waals surface area (Å²) in [5.74, 6) is 1.92. The summed E-state index contributed by atoms with van der Waals surface area (Å²) in [6, 6.07) is 0. The number of rotatable bonds is 7. The molecular formula is C25H42O. The molecule has 2 bridgehead atoms. The summed E-state index contributed by atoms with van der Waals surface area (Å²) in [6.07, 6.45) is 15.2. The molecule has 3 aliphatic rings. The number of aliphatic hydroxyl groups is 1. The van der Waals surface area contributed by atoms with Crippen molar-refractivity contribution in [2.75, 3.05) is 0 Å². The minimum absolute atomic E-state index is 0.638. The van der Waals surface area contributed by atoms with E-state index in [2.05, 4.69) is 66.3 Å². The monoisotopic (exact) mass is 358 g/mol. The zero-order valence-corrected chi connectivity index (χ0v) is 18.4. The van der Waals surface area contributed by atoms with Gasteiger partial charge in [0.15, 0.2) is 0 Å². The van der Waals surface area contributed by atoms with E-state index in [0.717, 1.165) is 37.5 Å². The highest BCUT2D eigenvalue weighted by Gasteiger charge is 2.49. The molecule has 0 heterocycles. The summed E-state index contributed by atoms with van der Waals surface area (Å²) in [6.45, 7) is 19.0. The molecule has 0 radical (unpaired) electrons. The van der Waals surface area contributed by atoms with Gasteiger partial charge in [0, 0.05) is 0 Å². The van der Waals surface area contributed by atoms with Crippen molar-refractivity contribution in [1.29, 1.82) is 0 Å². The third-order valence-corrected chi connectivity index (χ3v) is 6.42. The second kappa shape index (κ2) is 9.74. The van der Waals surface area contributed by atoms with E-state index < -0.39 is 5.60 Å². The minimum atomic E-state index is -0.726. The topological polar surface area (TPSA) is 20.2 Å². The van der Waals surface area contributed by atoms with Crippen molar-refractivity contribution in [3.05, 3.63) is 47.6 Å². The van der Waals surface area contributed by atoms with E-state index in [9.17, 15) is 5.11 Å². The van der Waals surface area contributed by atoms with E-state index in [0.29, 0.717) is 5.41 Å². The van der Waals surface area contributed by atoms with Crippen molar-refractivity contribution >= 4 is 0 Å². The summed E-state index contributed by atoms with van der Waals surface area (Å²) >= 11 is 0. The molecule has 0 aromatic heterocycles. The Labute approximate surface area is 163 Å². The van der Waals surface area contributed by atoms with Gasteiger partial charge in [-0.3, -0.25) is 0 Å². The van der Waals surface area contributed by atoms with Crippen LogP contribution in [0, 0.1) is 17.3 Å². The normalized spacial score (nSPS) is 25.7. The Kier molecular flexibility index (Phi) is 8.60. The highest BCUT2D eigenvalue weighted by molar-refractivity contribution is 5.21. The van der Waals surface area contributed by atoms with Gasteiger partial charge in [-0.25, -0.2) is 0 Å². The molecule has 1 saturated carbocycles. The molecule has 3 rings (SSSR count). The molecular weight excluding hydrogens is 316 g/mol. The van der Waals surface area contributed by atoms with Gasteiger partial charge in [0.05, 0.1) is 5.60 Å². The van der Waals surface area contributed by atoms with Gasteiger partial charge >= 0.3 is 0 Å². The Balaban J connectivity index is 0.000000284. The van der Waals surface area contributed by atoms with E-state index in [1.807, 2.05) is 0 Å². The van der Waals surface area contributed by atoms with E-state index in [4.69, 9.17) is 0 Å². The first-order valence-electron chi connectivity index (χ1n) is 10.3. The Bertz CT molecular complexity index is 553. The van der Waals surface area contributed by atoms with Crippen LogP contribution in [0.2, 0.25) is 0 Å². The smallest absolute Gasteiger partial charge is 0.0800 e. The fourth-order valence-corrected chi connectivity index (χ4v) is 4.06. The molecule has 1 fully saturated rings. The summed E-state index contributed by atoms with van der Waals surface area (Å²) in [4.78, 5) is 0. The van der Waals surface area contributed by atoms with E-state index in [-0.39, 0.29) is 0 Å². The van der Waals surface area contributed by atoms with Crippen LogP contribution >= 0.6 is 0 Å². The molecule has 0 saturated heterocycles. The quantitative estimate of drug-likeness (QED) is 0.470. The maximum atomic E-state index is 9.73. The van der Waals surface area contributed by atoms with Crippen LogP contribution in [-0.4, -0.2) is 10.7 Å². The zero-order chi connectivity index (χ0) is 20.0. The molecule has 1 heteroatoms. The third kappa shape index (κ3) is 6.91. The fourth-order valence-electron chi connectivity index (χ4n) is 4.06. The van der Waals surface area contributed by atoms with Crippen LogP contribution in [0.4, 0.5) is 0 Å². The molecule has 26 heavy (non-hydrogen) atoms.